The van der Waals surface area contributed by atoms with Crippen LogP contribution in [0.15, 0.2) is 18.5 Å². The lowest BCUT2D eigenvalue weighted by Crippen LogP contribution is -2.72. The first-order valence-electron chi connectivity index (χ1n) is 8.15. The van der Waals surface area contributed by atoms with Crippen LogP contribution in [-0.4, -0.2) is 34.6 Å². The second-order valence-corrected chi connectivity index (χ2v) is 6.93. The van der Waals surface area contributed by atoms with Crippen molar-refractivity contribution in [1.29, 1.82) is 0 Å². The van der Waals surface area contributed by atoms with Crippen LogP contribution in [0.3, 0.4) is 0 Å². The van der Waals surface area contributed by atoms with Crippen LogP contribution in [0.2, 0.25) is 0 Å². The molecule has 0 unspecified atom stereocenters. The number of hydrogen-bond acceptors (Lipinski definition) is 3. The summed E-state index contributed by atoms with van der Waals surface area (Å²) in [5.74, 6) is 0.780. The van der Waals surface area contributed by atoms with E-state index in [-0.39, 0.29) is 0 Å². The molecule has 0 amide bonds. The first-order valence-corrected chi connectivity index (χ1v) is 8.15. The van der Waals surface area contributed by atoms with Gasteiger partial charge >= 0.3 is 0 Å². The van der Waals surface area contributed by atoms with Crippen LogP contribution in [-0.2, 0) is 11.3 Å². The Labute approximate surface area is 120 Å². The highest BCUT2D eigenvalue weighted by Gasteiger charge is 2.66. The number of ether oxygens (including phenoxy) is 1. The van der Waals surface area contributed by atoms with Crippen molar-refractivity contribution >= 4 is 0 Å². The molecule has 4 heteroatoms. The van der Waals surface area contributed by atoms with Crippen LogP contribution in [0.25, 0.3) is 0 Å². The molecule has 2 aliphatic carbocycles. The van der Waals surface area contributed by atoms with E-state index in [9.17, 15) is 0 Å². The van der Waals surface area contributed by atoms with Gasteiger partial charge in [0.1, 0.15) is 0 Å². The van der Waals surface area contributed by atoms with Crippen molar-refractivity contribution in [3.63, 3.8) is 0 Å². The second-order valence-electron chi connectivity index (χ2n) is 6.93. The van der Waals surface area contributed by atoms with Crippen LogP contribution in [0.1, 0.15) is 39.0 Å². The van der Waals surface area contributed by atoms with Gasteiger partial charge in [-0.3, -0.25) is 4.68 Å². The minimum absolute atomic E-state index is 0.501. The lowest BCUT2D eigenvalue weighted by molar-refractivity contribution is -0.178. The number of aromatic nitrogens is 2. The lowest BCUT2D eigenvalue weighted by Gasteiger charge is -2.64. The molecule has 3 aliphatic rings. The van der Waals surface area contributed by atoms with Crippen molar-refractivity contribution in [3.8, 4) is 0 Å². The Morgan fingerprint density at radius 2 is 2.40 bits per heavy atom. The second kappa shape index (κ2) is 4.85. The maximum atomic E-state index is 5.99. The van der Waals surface area contributed by atoms with Gasteiger partial charge in [0.25, 0.3) is 0 Å². The van der Waals surface area contributed by atoms with Gasteiger partial charge in [-0.1, -0.05) is 6.42 Å². The number of hydrogen-bond donors (Lipinski definition) is 1. The van der Waals surface area contributed by atoms with Crippen LogP contribution in [0, 0.1) is 11.3 Å². The van der Waals surface area contributed by atoms with Crippen LogP contribution in [0.4, 0.5) is 0 Å². The molecule has 1 aromatic rings. The third kappa shape index (κ3) is 1.85. The molecular weight excluding hydrogens is 250 g/mol. The van der Waals surface area contributed by atoms with Gasteiger partial charge in [-0.2, -0.15) is 5.10 Å². The highest BCUT2D eigenvalue weighted by atomic mass is 16.5. The summed E-state index contributed by atoms with van der Waals surface area (Å²) in [5.41, 5.74) is 0.501. The van der Waals surface area contributed by atoms with E-state index >= 15 is 0 Å². The van der Waals surface area contributed by atoms with Gasteiger partial charge in [0.15, 0.2) is 0 Å². The quantitative estimate of drug-likeness (QED) is 0.895. The average molecular weight is 275 g/mol. The summed E-state index contributed by atoms with van der Waals surface area (Å²) < 4.78 is 8.01. The maximum Gasteiger partial charge on any atom is 0.0690 e. The molecule has 1 aromatic heterocycles. The van der Waals surface area contributed by atoms with E-state index in [2.05, 4.69) is 17.3 Å². The Kier molecular flexibility index (Phi) is 3.11. The number of aryl methyl sites for hydroxylation is 1. The van der Waals surface area contributed by atoms with Crippen LogP contribution < -0.4 is 5.32 Å². The first kappa shape index (κ1) is 12.8. The molecule has 1 aliphatic heterocycles. The fraction of sp³-hybridized carbons (Fsp3) is 0.812. The summed E-state index contributed by atoms with van der Waals surface area (Å²) >= 11 is 0. The summed E-state index contributed by atoms with van der Waals surface area (Å²) in [6.45, 7) is 4.31. The van der Waals surface area contributed by atoms with Crippen molar-refractivity contribution in [2.45, 2.75) is 63.8 Å². The maximum absolute atomic E-state index is 5.99. The molecule has 3 fully saturated rings. The topological polar surface area (TPSA) is 39.1 Å². The normalized spacial score (nSPS) is 35.4. The van der Waals surface area contributed by atoms with E-state index in [4.69, 9.17) is 4.74 Å². The van der Waals surface area contributed by atoms with Crippen molar-refractivity contribution in [2.75, 3.05) is 6.61 Å². The third-order valence-corrected chi connectivity index (χ3v) is 5.85. The first-order chi connectivity index (χ1) is 9.79. The van der Waals surface area contributed by atoms with Gasteiger partial charge in [-0.25, -0.2) is 0 Å². The highest BCUT2D eigenvalue weighted by Crippen LogP contribution is 2.62. The molecule has 4 nitrogen and oxygen atoms in total. The zero-order valence-corrected chi connectivity index (χ0v) is 12.3. The molecule has 4 rings (SSSR count). The highest BCUT2D eigenvalue weighted by molar-refractivity contribution is 5.18. The monoisotopic (exact) mass is 275 g/mol. The Bertz CT molecular complexity index is 454. The zero-order chi connectivity index (χ0) is 13.6. The lowest BCUT2D eigenvalue weighted by atomic mass is 9.46. The minimum atomic E-state index is 0.501. The van der Waals surface area contributed by atoms with Gasteiger partial charge in [-0.15, -0.1) is 0 Å². The summed E-state index contributed by atoms with van der Waals surface area (Å²) in [5, 5.41) is 8.20. The molecule has 110 valence electrons. The molecule has 0 aromatic carbocycles. The number of fused-ring (bicyclic) bond motifs is 2. The Balaban J connectivity index is 1.34. The molecule has 0 radical (unpaired) electrons. The van der Waals surface area contributed by atoms with Crippen molar-refractivity contribution in [1.82, 2.24) is 15.1 Å². The average Bonchev–Trinajstić information content (AvgIpc) is 3.02. The summed E-state index contributed by atoms with van der Waals surface area (Å²) in [7, 11) is 0. The van der Waals surface area contributed by atoms with Gasteiger partial charge in [0.2, 0.25) is 0 Å². The smallest absolute Gasteiger partial charge is 0.0690 e. The molecular formula is C16H25N3O. The molecule has 2 saturated carbocycles. The Morgan fingerprint density at radius 1 is 1.50 bits per heavy atom. The van der Waals surface area contributed by atoms with Gasteiger partial charge in [0.05, 0.1) is 6.10 Å². The van der Waals surface area contributed by atoms with Gasteiger partial charge < -0.3 is 10.1 Å². The Morgan fingerprint density at radius 3 is 3.10 bits per heavy atom. The number of rotatable bonds is 5. The van der Waals surface area contributed by atoms with E-state index in [1.165, 1.54) is 25.7 Å². The predicted molar refractivity (Wildman–Crippen MR) is 77.4 cm³/mol. The fourth-order valence-electron chi connectivity index (χ4n) is 4.64. The van der Waals surface area contributed by atoms with Crippen LogP contribution in [0.5, 0.6) is 0 Å². The van der Waals surface area contributed by atoms with E-state index < -0.39 is 0 Å². The van der Waals surface area contributed by atoms with E-state index in [0.717, 1.165) is 25.5 Å². The standard InChI is InChI=1S/C16H25N3O/c1-12(4-10-19-9-3-8-17-19)18-14-13-5-11-20-15(13)16(14)6-2-7-16/h3,8-9,12-15,18H,2,4-7,10-11H2,1H3/t12-,13+,14-,15+/m1/s1. The van der Waals surface area contributed by atoms with E-state index in [0.29, 0.717) is 23.6 Å². The SMILES string of the molecule is C[C@H](CCn1cccn1)N[C@@H]1[C@@H]2CCO[C@@H]2C12CCC2. The van der Waals surface area contributed by atoms with Gasteiger partial charge in [0, 0.05) is 49.0 Å². The molecule has 1 N–H and O–H groups in total. The van der Waals surface area contributed by atoms with Crippen molar-refractivity contribution in [2.24, 2.45) is 11.3 Å². The van der Waals surface area contributed by atoms with Crippen LogP contribution >= 0.6 is 0 Å². The molecule has 2 heterocycles. The predicted octanol–water partition coefficient (Wildman–Crippen LogP) is 2.21. The number of nitrogens with zero attached hydrogens (tertiary/aromatic N) is 2. The third-order valence-electron chi connectivity index (χ3n) is 5.85. The van der Waals surface area contributed by atoms with Crippen molar-refractivity contribution in [3.05, 3.63) is 18.5 Å². The summed E-state index contributed by atoms with van der Waals surface area (Å²) in [6, 6.07) is 3.26. The van der Waals surface area contributed by atoms with Crippen molar-refractivity contribution < 1.29 is 4.74 Å². The molecule has 1 saturated heterocycles. The molecule has 4 atom stereocenters. The minimum Gasteiger partial charge on any atom is -0.377 e. The van der Waals surface area contributed by atoms with E-state index in [1.807, 2.05) is 23.1 Å². The fourth-order valence-corrected chi connectivity index (χ4v) is 4.64. The molecule has 20 heavy (non-hydrogen) atoms. The summed E-state index contributed by atoms with van der Waals surface area (Å²) in [6.07, 6.45) is 11.0. The summed E-state index contributed by atoms with van der Waals surface area (Å²) in [4.78, 5) is 0. The van der Waals surface area contributed by atoms with Gasteiger partial charge in [-0.05, 0) is 38.7 Å². The van der Waals surface area contributed by atoms with E-state index in [1.54, 1.807) is 0 Å². The largest absolute Gasteiger partial charge is 0.377 e. The molecule has 1 spiro atoms. The Hall–Kier alpha value is -0.870. The molecule has 0 bridgehead atoms. The number of nitrogens with one attached hydrogen (secondary N) is 1. The zero-order valence-electron chi connectivity index (χ0n) is 12.3.